The predicted octanol–water partition coefficient (Wildman–Crippen LogP) is 0.857. The highest BCUT2D eigenvalue weighted by atomic mass is 32.2. The molecule has 126 valence electrons. The molecule has 1 saturated heterocycles. The number of amides is 1. The van der Waals surface area contributed by atoms with Crippen LogP contribution in [0.1, 0.15) is 36.0 Å². The van der Waals surface area contributed by atoms with Gasteiger partial charge in [-0.3, -0.25) is 4.79 Å². The molecule has 6 nitrogen and oxygen atoms in total. The minimum Gasteiger partial charge on any atom is -0.348 e. The Labute approximate surface area is 137 Å². The molecule has 7 heteroatoms. The number of hydrogen-bond donors (Lipinski definition) is 3. The van der Waals surface area contributed by atoms with Crippen molar-refractivity contribution in [2.75, 3.05) is 19.6 Å². The van der Waals surface area contributed by atoms with Crippen LogP contribution in [0.4, 0.5) is 0 Å². The van der Waals surface area contributed by atoms with Gasteiger partial charge in [0.15, 0.2) is 0 Å². The monoisotopic (exact) mass is 337 g/mol. The van der Waals surface area contributed by atoms with Gasteiger partial charge in [0, 0.05) is 24.7 Å². The second-order valence-corrected chi connectivity index (χ2v) is 8.11. The highest BCUT2D eigenvalue weighted by Gasteiger charge is 2.25. The van der Waals surface area contributed by atoms with Crippen LogP contribution in [0.15, 0.2) is 29.2 Å². The summed E-state index contributed by atoms with van der Waals surface area (Å²) >= 11 is 0. The Kier molecular flexibility index (Phi) is 4.99. The lowest BCUT2D eigenvalue weighted by molar-refractivity contribution is 0.0930. The summed E-state index contributed by atoms with van der Waals surface area (Å²) in [5, 5.41) is 6.20. The fourth-order valence-electron chi connectivity index (χ4n) is 2.68. The fraction of sp³-hybridized carbons (Fsp3) is 0.562. The predicted molar refractivity (Wildman–Crippen MR) is 87.7 cm³/mol. The lowest BCUT2D eigenvalue weighted by Gasteiger charge is -2.23. The molecule has 3 rings (SSSR count). The maximum atomic E-state index is 12.3. The van der Waals surface area contributed by atoms with E-state index in [-0.39, 0.29) is 16.8 Å². The Morgan fingerprint density at radius 2 is 2.09 bits per heavy atom. The highest BCUT2D eigenvalue weighted by molar-refractivity contribution is 7.89. The number of benzene rings is 1. The molecule has 1 aliphatic carbocycles. The molecule has 1 saturated carbocycles. The van der Waals surface area contributed by atoms with Crippen molar-refractivity contribution >= 4 is 15.9 Å². The lowest BCUT2D eigenvalue weighted by Crippen LogP contribution is -2.45. The van der Waals surface area contributed by atoms with Gasteiger partial charge in [0.2, 0.25) is 10.0 Å². The number of piperidine rings is 1. The van der Waals surface area contributed by atoms with Gasteiger partial charge in [-0.2, -0.15) is 0 Å². The molecule has 1 aliphatic heterocycles. The van der Waals surface area contributed by atoms with Crippen molar-refractivity contribution in [1.82, 2.24) is 15.4 Å². The molecule has 1 atom stereocenters. The summed E-state index contributed by atoms with van der Waals surface area (Å²) in [6, 6.07) is 6.32. The first-order valence-corrected chi connectivity index (χ1v) is 9.64. The zero-order valence-electron chi connectivity index (χ0n) is 13.0. The summed E-state index contributed by atoms with van der Waals surface area (Å²) < 4.78 is 27.2. The van der Waals surface area contributed by atoms with E-state index in [2.05, 4.69) is 15.4 Å². The van der Waals surface area contributed by atoms with Crippen molar-refractivity contribution in [2.45, 2.75) is 36.6 Å². The van der Waals surface area contributed by atoms with Crippen molar-refractivity contribution in [3.05, 3.63) is 29.8 Å². The number of rotatable bonds is 6. The van der Waals surface area contributed by atoms with E-state index in [1.54, 1.807) is 12.1 Å². The fourth-order valence-corrected chi connectivity index (χ4v) is 3.84. The Hall–Kier alpha value is -1.44. The van der Waals surface area contributed by atoms with Gasteiger partial charge in [-0.25, -0.2) is 13.1 Å². The summed E-state index contributed by atoms with van der Waals surface area (Å²) in [6.07, 6.45) is 4.14. The number of nitrogens with one attached hydrogen (secondary N) is 3. The highest BCUT2D eigenvalue weighted by Crippen LogP contribution is 2.28. The SMILES string of the molecule is O=C(N[C@H]1CCCNC1)c1cccc(S(=O)(=O)NCC2CC2)c1. The van der Waals surface area contributed by atoms with Crippen LogP contribution in [0.2, 0.25) is 0 Å². The summed E-state index contributed by atoms with van der Waals surface area (Å²) in [5.74, 6) is 0.244. The van der Waals surface area contributed by atoms with Crippen molar-refractivity contribution in [2.24, 2.45) is 5.92 Å². The smallest absolute Gasteiger partial charge is 0.251 e. The molecule has 0 aromatic heterocycles. The van der Waals surface area contributed by atoms with Gasteiger partial charge in [0.1, 0.15) is 0 Å². The molecular formula is C16H23N3O3S. The van der Waals surface area contributed by atoms with Crippen LogP contribution in [0.3, 0.4) is 0 Å². The van der Waals surface area contributed by atoms with Gasteiger partial charge >= 0.3 is 0 Å². The first-order valence-electron chi connectivity index (χ1n) is 8.16. The Morgan fingerprint density at radius 3 is 2.78 bits per heavy atom. The topological polar surface area (TPSA) is 87.3 Å². The van der Waals surface area contributed by atoms with Crippen LogP contribution in [0.25, 0.3) is 0 Å². The number of carbonyl (C=O) groups is 1. The van der Waals surface area contributed by atoms with Gasteiger partial charge in [-0.1, -0.05) is 6.07 Å². The van der Waals surface area contributed by atoms with Crippen LogP contribution in [0.5, 0.6) is 0 Å². The summed E-state index contributed by atoms with van der Waals surface area (Å²) in [5.41, 5.74) is 0.380. The standard InChI is InChI=1S/C16H23N3O3S/c20-16(19-14-4-2-8-17-11-14)13-3-1-5-15(9-13)23(21,22)18-10-12-6-7-12/h1,3,5,9,12,14,17-18H,2,4,6-8,10-11H2,(H,19,20)/t14-/m0/s1. The molecule has 0 spiro atoms. The van der Waals surface area contributed by atoms with Crippen LogP contribution in [-0.2, 0) is 10.0 Å². The lowest BCUT2D eigenvalue weighted by atomic mass is 10.1. The third-order valence-corrected chi connectivity index (χ3v) is 5.72. The van der Waals surface area contributed by atoms with Crippen molar-refractivity contribution in [1.29, 1.82) is 0 Å². The van der Waals surface area contributed by atoms with E-state index in [0.717, 1.165) is 38.8 Å². The van der Waals surface area contributed by atoms with Gasteiger partial charge in [0.05, 0.1) is 4.90 Å². The quantitative estimate of drug-likeness (QED) is 0.718. The Bertz CT molecular complexity index is 665. The van der Waals surface area contributed by atoms with Crippen molar-refractivity contribution in [3.63, 3.8) is 0 Å². The van der Waals surface area contributed by atoms with E-state index in [0.29, 0.717) is 18.0 Å². The van der Waals surface area contributed by atoms with E-state index in [9.17, 15) is 13.2 Å². The third kappa shape index (κ3) is 4.53. The summed E-state index contributed by atoms with van der Waals surface area (Å²) in [7, 11) is -3.55. The number of carbonyl (C=O) groups excluding carboxylic acids is 1. The number of hydrogen-bond acceptors (Lipinski definition) is 4. The van der Waals surface area contributed by atoms with Crippen LogP contribution in [-0.4, -0.2) is 40.0 Å². The van der Waals surface area contributed by atoms with Crippen LogP contribution < -0.4 is 15.4 Å². The maximum absolute atomic E-state index is 12.3. The maximum Gasteiger partial charge on any atom is 0.251 e. The third-order valence-electron chi connectivity index (χ3n) is 4.30. The average Bonchev–Trinajstić information content (AvgIpc) is 3.38. The average molecular weight is 337 g/mol. The summed E-state index contributed by atoms with van der Waals surface area (Å²) in [6.45, 7) is 2.21. The zero-order chi connectivity index (χ0) is 16.3. The summed E-state index contributed by atoms with van der Waals surface area (Å²) in [4.78, 5) is 12.5. The van der Waals surface area contributed by atoms with Gasteiger partial charge in [-0.15, -0.1) is 0 Å². The molecular weight excluding hydrogens is 314 g/mol. The molecule has 2 aliphatic rings. The molecule has 0 bridgehead atoms. The molecule has 0 unspecified atom stereocenters. The molecule has 23 heavy (non-hydrogen) atoms. The van der Waals surface area contributed by atoms with Gasteiger partial charge in [0.25, 0.3) is 5.91 Å². The van der Waals surface area contributed by atoms with E-state index in [1.807, 2.05) is 0 Å². The molecule has 0 radical (unpaired) electrons. The second kappa shape index (κ2) is 6.98. The van der Waals surface area contributed by atoms with Crippen LogP contribution in [0, 0.1) is 5.92 Å². The molecule has 1 amide bonds. The molecule has 1 aromatic rings. The minimum atomic E-state index is -3.55. The Morgan fingerprint density at radius 1 is 1.26 bits per heavy atom. The second-order valence-electron chi connectivity index (χ2n) is 6.34. The zero-order valence-corrected chi connectivity index (χ0v) is 13.9. The molecule has 1 heterocycles. The van der Waals surface area contributed by atoms with E-state index in [1.165, 1.54) is 12.1 Å². The van der Waals surface area contributed by atoms with E-state index in [4.69, 9.17) is 0 Å². The molecule has 1 aromatic carbocycles. The van der Waals surface area contributed by atoms with E-state index < -0.39 is 10.0 Å². The normalized spacial score (nSPS) is 21.8. The first kappa shape index (κ1) is 16.4. The number of sulfonamides is 1. The largest absolute Gasteiger partial charge is 0.348 e. The van der Waals surface area contributed by atoms with Gasteiger partial charge < -0.3 is 10.6 Å². The Balaban J connectivity index is 1.66. The van der Waals surface area contributed by atoms with Crippen molar-refractivity contribution in [3.8, 4) is 0 Å². The molecule has 3 N–H and O–H groups in total. The van der Waals surface area contributed by atoms with E-state index >= 15 is 0 Å². The van der Waals surface area contributed by atoms with Crippen LogP contribution >= 0.6 is 0 Å². The van der Waals surface area contributed by atoms with Gasteiger partial charge in [-0.05, 0) is 56.3 Å². The van der Waals surface area contributed by atoms with Crippen molar-refractivity contribution < 1.29 is 13.2 Å². The first-order chi connectivity index (χ1) is 11.0. The minimum absolute atomic E-state index is 0.101. The molecule has 2 fully saturated rings.